The third-order valence-corrected chi connectivity index (χ3v) is 3.93. The van der Waals surface area contributed by atoms with E-state index in [2.05, 4.69) is 17.2 Å². The molecule has 4 heteroatoms. The maximum atomic E-state index is 10.8. The predicted octanol–water partition coefficient (Wildman–Crippen LogP) is 5.11. The summed E-state index contributed by atoms with van der Waals surface area (Å²) in [5.74, 6) is 6.45. The number of benzene rings is 3. The molecule has 0 aliphatic rings. The van der Waals surface area contributed by atoms with Gasteiger partial charge < -0.3 is 5.32 Å². The summed E-state index contributed by atoms with van der Waals surface area (Å²) < 4.78 is 0. The molecular weight excluding hydrogens is 324 g/mol. The molecular formula is C22H18N2O2. The molecule has 3 aromatic carbocycles. The van der Waals surface area contributed by atoms with Crippen LogP contribution in [0.15, 0.2) is 78.9 Å². The molecule has 0 unspecified atom stereocenters. The van der Waals surface area contributed by atoms with E-state index in [1.807, 2.05) is 61.5 Å². The van der Waals surface area contributed by atoms with Crippen molar-refractivity contribution < 1.29 is 4.92 Å². The van der Waals surface area contributed by atoms with Gasteiger partial charge in [-0.1, -0.05) is 59.9 Å². The number of nitrogens with zero attached hydrogens (tertiary/aromatic N) is 1. The van der Waals surface area contributed by atoms with E-state index in [0.717, 1.165) is 16.8 Å². The summed E-state index contributed by atoms with van der Waals surface area (Å²) >= 11 is 0. The lowest BCUT2D eigenvalue weighted by Gasteiger charge is -2.15. The highest BCUT2D eigenvalue weighted by Gasteiger charge is 2.10. The summed E-state index contributed by atoms with van der Waals surface area (Å²) in [6, 6.07) is 24.1. The molecule has 0 bridgehead atoms. The van der Waals surface area contributed by atoms with Crippen molar-refractivity contribution in [2.45, 2.75) is 13.0 Å². The molecule has 1 atom stereocenters. The van der Waals surface area contributed by atoms with Gasteiger partial charge in [0.15, 0.2) is 0 Å². The fourth-order valence-corrected chi connectivity index (χ4v) is 2.48. The Bertz CT molecular complexity index is 937. The number of aryl methyl sites for hydroxylation is 1. The molecule has 0 spiro atoms. The lowest BCUT2D eigenvalue weighted by atomic mass is 10.0. The van der Waals surface area contributed by atoms with Crippen LogP contribution in [0.1, 0.15) is 22.7 Å². The van der Waals surface area contributed by atoms with Crippen molar-refractivity contribution in [3.63, 3.8) is 0 Å². The molecule has 0 radical (unpaired) electrons. The number of rotatable bonds is 4. The maximum Gasteiger partial charge on any atom is 0.269 e. The monoisotopic (exact) mass is 342 g/mol. The molecule has 0 aromatic heterocycles. The third-order valence-electron chi connectivity index (χ3n) is 3.93. The molecule has 0 aliphatic carbocycles. The van der Waals surface area contributed by atoms with Gasteiger partial charge in [0, 0.05) is 23.4 Å². The second kappa shape index (κ2) is 8.00. The summed E-state index contributed by atoms with van der Waals surface area (Å²) in [5, 5.41) is 14.2. The second-order valence-electron chi connectivity index (χ2n) is 5.93. The highest BCUT2D eigenvalue weighted by molar-refractivity contribution is 5.52. The normalized spacial score (nSPS) is 11.1. The fourth-order valence-electron chi connectivity index (χ4n) is 2.48. The number of non-ortho nitro benzene ring substituents is 1. The van der Waals surface area contributed by atoms with Gasteiger partial charge in [0.1, 0.15) is 6.04 Å². The Kier molecular flexibility index (Phi) is 5.31. The van der Waals surface area contributed by atoms with Crippen molar-refractivity contribution in [3.05, 3.63) is 106 Å². The number of hydrogen-bond acceptors (Lipinski definition) is 3. The van der Waals surface area contributed by atoms with Crippen LogP contribution in [0, 0.1) is 28.9 Å². The van der Waals surface area contributed by atoms with Crippen molar-refractivity contribution in [3.8, 4) is 11.8 Å². The minimum Gasteiger partial charge on any atom is -0.368 e. The topological polar surface area (TPSA) is 55.2 Å². The molecule has 26 heavy (non-hydrogen) atoms. The SMILES string of the molecule is Cc1ccc([C@H](C#Cc2ccccc2)Nc2ccc([N+](=O)[O-])cc2)cc1. The van der Waals surface area contributed by atoms with Crippen molar-refractivity contribution in [1.29, 1.82) is 0 Å². The van der Waals surface area contributed by atoms with Crippen LogP contribution in [-0.4, -0.2) is 4.92 Å². The average Bonchev–Trinajstić information content (AvgIpc) is 2.67. The highest BCUT2D eigenvalue weighted by Crippen LogP contribution is 2.22. The van der Waals surface area contributed by atoms with Gasteiger partial charge in [-0.2, -0.15) is 0 Å². The summed E-state index contributed by atoms with van der Waals surface area (Å²) in [6.45, 7) is 2.04. The van der Waals surface area contributed by atoms with Crippen molar-refractivity contribution in [1.82, 2.24) is 0 Å². The Balaban J connectivity index is 1.88. The molecule has 0 saturated carbocycles. The van der Waals surface area contributed by atoms with Crippen molar-refractivity contribution in [2.75, 3.05) is 5.32 Å². The van der Waals surface area contributed by atoms with Crippen LogP contribution in [0.4, 0.5) is 11.4 Å². The van der Waals surface area contributed by atoms with Crippen LogP contribution in [0.25, 0.3) is 0 Å². The van der Waals surface area contributed by atoms with Gasteiger partial charge in [0.05, 0.1) is 4.92 Å². The molecule has 1 N–H and O–H groups in total. The van der Waals surface area contributed by atoms with Crippen LogP contribution in [0.5, 0.6) is 0 Å². The Hall–Kier alpha value is -3.58. The zero-order chi connectivity index (χ0) is 18.4. The van der Waals surface area contributed by atoms with E-state index in [1.54, 1.807) is 12.1 Å². The molecule has 0 fully saturated rings. The van der Waals surface area contributed by atoms with Gasteiger partial charge in [-0.15, -0.1) is 0 Å². The number of nitrogens with one attached hydrogen (secondary N) is 1. The number of anilines is 1. The Morgan fingerprint density at radius 3 is 2.19 bits per heavy atom. The van der Waals surface area contributed by atoms with Crippen LogP contribution in [0.2, 0.25) is 0 Å². The minimum atomic E-state index is -0.406. The standard InChI is InChI=1S/C22H18N2O2/c1-17-7-10-19(11-8-17)22(16-9-18-5-3-2-4-6-18)23-20-12-14-21(15-13-20)24(25)26/h2-8,10-15,22-23H,1H3/t22-/m0/s1. The zero-order valence-corrected chi connectivity index (χ0v) is 14.3. The molecule has 0 amide bonds. The van der Waals surface area contributed by atoms with Gasteiger partial charge in [0.25, 0.3) is 5.69 Å². The van der Waals surface area contributed by atoms with E-state index >= 15 is 0 Å². The molecule has 128 valence electrons. The first-order valence-electron chi connectivity index (χ1n) is 8.26. The first-order chi connectivity index (χ1) is 12.6. The number of hydrogen-bond donors (Lipinski definition) is 1. The van der Waals surface area contributed by atoms with Crippen LogP contribution in [-0.2, 0) is 0 Å². The van der Waals surface area contributed by atoms with Crippen molar-refractivity contribution >= 4 is 11.4 Å². The first kappa shape index (κ1) is 17.2. The smallest absolute Gasteiger partial charge is 0.269 e. The molecule has 3 aromatic rings. The fraction of sp³-hybridized carbons (Fsp3) is 0.0909. The Labute approximate surface area is 152 Å². The van der Waals surface area contributed by atoms with Gasteiger partial charge >= 0.3 is 0 Å². The van der Waals surface area contributed by atoms with Gasteiger partial charge in [-0.25, -0.2) is 0 Å². The van der Waals surface area contributed by atoms with Gasteiger partial charge in [-0.05, 0) is 36.8 Å². The molecule has 0 aliphatic heterocycles. The van der Waals surface area contributed by atoms with Crippen LogP contribution < -0.4 is 5.32 Å². The Morgan fingerprint density at radius 1 is 0.923 bits per heavy atom. The van der Waals surface area contributed by atoms with E-state index in [0.29, 0.717) is 0 Å². The molecule has 3 rings (SSSR count). The summed E-state index contributed by atoms with van der Waals surface area (Å²) in [6.07, 6.45) is 0. The zero-order valence-electron chi connectivity index (χ0n) is 14.3. The van der Waals surface area contributed by atoms with Crippen LogP contribution >= 0.6 is 0 Å². The number of nitro groups is 1. The second-order valence-corrected chi connectivity index (χ2v) is 5.93. The summed E-state index contributed by atoms with van der Waals surface area (Å²) in [4.78, 5) is 10.4. The summed E-state index contributed by atoms with van der Waals surface area (Å²) in [7, 11) is 0. The minimum absolute atomic E-state index is 0.0674. The van der Waals surface area contributed by atoms with Crippen LogP contribution in [0.3, 0.4) is 0 Å². The summed E-state index contributed by atoms with van der Waals surface area (Å²) in [5.41, 5.74) is 4.01. The quantitative estimate of drug-likeness (QED) is 0.407. The Morgan fingerprint density at radius 2 is 1.58 bits per heavy atom. The number of nitro benzene ring substituents is 1. The largest absolute Gasteiger partial charge is 0.368 e. The third kappa shape index (κ3) is 4.49. The maximum absolute atomic E-state index is 10.8. The predicted molar refractivity (Wildman–Crippen MR) is 104 cm³/mol. The first-order valence-corrected chi connectivity index (χ1v) is 8.26. The van der Waals surface area contributed by atoms with E-state index in [9.17, 15) is 10.1 Å². The van der Waals surface area contributed by atoms with E-state index < -0.39 is 4.92 Å². The van der Waals surface area contributed by atoms with Gasteiger partial charge in [0.2, 0.25) is 0 Å². The lowest BCUT2D eigenvalue weighted by molar-refractivity contribution is -0.384. The highest BCUT2D eigenvalue weighted by atomic mass is 16.6. The van der Waals surface area contributed by atoms with Gasteiger partial charge in [-0.3, -0.25) is 10.1 Å². The average molecular weight is 342 g/mol. The molecule has 0 saturated heterocycles. The van der Waals surface area contributed by atoms with E-state index in [1.165, 1.54) is 17.7 Å². The van der Waals surface area contributed by atoms with E-state index in [-0.39, 0.29) is 11.7 Å². The van der Waals surface area contributed by atoms with Crippen molar-refractivity contribution in [2.24, 2.45) is 0 Å². The molecule has 4 nitrogen and oxygen atoms in total. The lowest BCUT2D eigenvalue weighted by Crippen LogP contribution is -2.08. The molecule has 0 heterocycles. The van der Waals surface area contributed by atoms with E-state index in [4.69, 9.17) is 0 Å².